The summed E-state index contributed by atoms with van der Waals surface area (Å²) in [4.78, 5) is 9.10. The Labute approximate surface area is 146 Å². The van der Waals surface area contributed by atoms with E-state index >= 15 is 0 Å². The molecule has 0 unspecified atom stereocenters. The normalized spacial score (nSPS) is 10.9. The monoisotopic (exact) mass is 448 g/mol. The average molecular weight is 451 g/mol. The van der Waals surface area contributed by atoms with Crippen LogP contribution in [0.25, 0.3) is 10.2 Å². The second kappa shape index (κ2) is 6.08. The summed E-state index contributed by atoms with van der Waals surface area (Å²) in [7, 11) is 1.60. The van der Waals surface area contributed by atoms with E-state index in [0.717, 1.165) is 19.2 Å². The average Bonchev–Trinajstić information content (AvgIpc) is 2.90. The quantitative estimate of drug-likeness (QED) is 0.482. The number of hydrogen-bond donors (Lipinski definition) is 0. The van der Waals surface area contributed by atoms with Crippen LogP contribution in [0, 0.1) is 0 Å². The van der Waals surface area contributed by atoms with Crippen LogP contribution in [-0.2, 0) is 0 Å². The summed E-state index contributed by atoms with van der Waals surface area (Å²) in [5, 5.41) is 2.90. The molecule has 0 amide bonds. The number of nitrogens with zero attached hydrogens (tertiary/aromatic N) is 2. The fraction of sp³-hybridized carbons (Fsp3) is 0.0769. The van der Waals surface area contributed by atoms with Gasteiger partial charge in [-0.25, -0.2) is 4.98 Å². The topological polar surface area (TPSA) is 44.2 Å². The van der Waals surface area contributed by atoms with Crippen molar-refractivity contribution in [1.82, 2.24) is 9.97 Å². The smallest absolute Gasteiger partial charge is 0.232 e. The molecule has 0 bridgehead atoms. The Hall–Kier alpha value is -0.890. The lowest BCUT2D eigenvalue weighted by molar-refractivity contribution is 0.409. The third-order valence-electron chi connectivity index (χ3n) is 2.68. The third kappa shape index (κ3) is 3.01. The zero-order valence-electron chi connectivity index (χ0n) is 10.6. The Morgan fingerprint density at radius 3 is 2.62 bits per heavy atom. The molecule has 1 aromatic carbocycles. The minimum atomic E-state index is 0.156. The molecule has 0 aliphatic heterocycles. The van der Waals surface area contributed by atoms with Gasteiger partial charge in [0, 0.05) is 0 Å². The predicted molar refractivity (Wildman–Crippen MR) is 90.9 cm³/mol. The fourth-order valence-electron chi connectivity index (χ4n) is 1.73. The number of methoxy groups -OCH3 is 1. The van der Waals surface area contributed by atoms with Crippen LogP contribution >= 0.6 is 54.8 Å². The van der Waals surface area contributed by atoms with E-state index in [1.54, 1.807) is 13.2 Å². The summed E-state index contributed by atoms with van der Waals surface area (Å²) in [6, 6.07) is 5.52. The molecule has 4 nitrogen and oxygen atoms in total. The van der Waals surface area contributed by atoms with Gasteiger partial charge in [-0.05, 0) is 67.0 Å². The molecule has 0 spiro atoms. The Morgan fingerprint density at radius 2 is 1.86 bits per heavy atom. The number of benzene rings is 1. The summed E-state index contributed by atoms with van der Waals surface area (Å²) in [5.74, 6) is 1.73. The van der Waals surface area contributed by atoms with Gasteiger partial charge in [0.15, 0.2) is 0 Å². The van der Waals surface area contributed by atoms with Gasteiger partial charge >= 0.3 is 0 Å². The zero-order valence-corrected chi connectivity index (χ0v) is 15.3. The lowest BCUT2D eigenvalue weighted by Crippen LogP contribution is -1.93. The van der Waals surface area contributed by atoms with Crippen molar-refractivity contribution in [2.75, 3.05) is 7.11 Å². The molecule has 0 N–H and O–H groups in total. The summed E-state index contributed by atoms with van der Waals surface area (Å²) in [5.41, 5.74) is 0. The SMILES string of the molecule is COc1cc(Br)c(Oc2nc(Cl)nc3sccc23)cc1Br. The molecule has 108 valence electrons. The first-order chi connectivity index (χ1) is 10.1. The number of halogens is 3. The minimum absolute atomic E-state index is 0.156. The van der Waals surface area contributed by atoms with E-state index in [1.807, 2.05) is 17.5 Å². The van der Waals surface area contributed by atoms with Gasteiger partial charge < -0.3 is 9.47 Å². The van der Waals surface area contributed by atoms with Gasteiger partial charge in [0.05, 0.1) is 21.4 Å². The van der Waals surface area contributed by atoms with Crippen LogP contribution in [0.3, 0.4) is 0 Å². The van der Waals surface area contributed by atoms with Gasteiger partial charge in [-0.3, -0.25) is 0 Å². The summed E-state index contributed by atoms with van der Waals surface area (Å²) in [6.45, 7) is 0. The molecule has 2 aromatic heterocycles. The molecular formula is C13H7Br2ClN2O2S. The van der Waals surface area contributed by atoms with E-state index in [-0.39, 0.29) is 5.28 Å². The van der Waals surface area contributed by atoms with E-state index < -0.39 is 0 Å². The standard InChI is InChI=1S/C13H7Br2ClN2O2S/c1-19-9-4-8(15)10(5-7(9)14)20-11-6-2-3-21-12(6)18-13(16)17-11/h2-5H,1H3. The molecule has 0 aliphatic rings. The second-order valence-electron chi connectivity index (χ2n) is 3.96. The molecule has 0 fully saturated rings. The van der Waals surface area contributed by atoms with Crippen molar-refractivity contribution < 1.29 is 9.47 Å². The van der Waals surface area contributed by atoms with Crippen LogP contribution in [0.2, 0.25) is 5.28 Å². The van der Waals surface area contributed by atoms with Gasteiger partial charge in [-0.2, -0.15) is 4.98 Å². The van der Waals surface area contributed by atoms with E-state index in [9.17, 15) is 0 Å². The van der Waals surface area contributed by atoms with Crippen molar-refractivity contribution in [3.8, 4) is 17.4 Å². The molecule has 3 rings (SSSR count). The largest absolute Gasteiger partial charge is 0.496 e. The molecule has 0 saturated carbocycles. The lowest BCUT2D eigenvalue weighted by atomic mass is 10.3. The summed E-state index contributed by atoms with van der Waals surface area (Å²) >= 11 is 14.3. The van der Waals surface area contributed by atoms with Crippen LogP contribution in [0.5, 0.6) is 17.4 Å². The third-order valence-corrected chi connectivity index (χ3v) is 4.89. The van der Waals surface area contributed by atoms with Crippen molar-refractivity contribution >= 4 is 65.0 Å². The number of hydrogen-bond acceptors (Lipinski definition) is 5. The number of aromatic nitrogens is 2. The van der Waals surface area contributed by atoms with Crippen LogP contribution in [-0.4, -0.2) is 17.1 Å². The molecule has 3 aromatic rings. The van der Waals surface area contributed by atoms with Gasteiger partial charge in [0.2, 0.25) is 11.2 Å². The molecule has 21 heavy (non-hydrogen) atoms. The Balaban J connectivity index is 2.06. The Bertz CT molecular complexity index is 825. The van der Waals surface area contributed by atoms with E-state index in [0.29, 0.717) is 17.4 Å². The zero-order chi connectivity index (χ0) is 15.0. The minimum Gasteiger partial charge on any atom is -0.496 e. The molecular weight excluding hydrogens is 443 g/mol. The Morgan fingerprint density at radius 1 is 1.14 bits per heavy atom. The van der Waals surface area contributed by atoms with Crippen molar-refractivity contribution in [3.05, 3.63) is 37.8 Å². The first-order valence-electron chi connectivity index (χ1n) is 5.70. The number of fused-ring (bicyclic) bond motifs is 1. The number of thiophene rings is 1. The van der Waals surface area contributed by atoms with Crippen molar-refractivity contribution in [2.24, 2.45) is 0 Å². The Kier molecular flexibility index (Phi) is 4.35. The first-order valence-corrected chi connectivity index (χ1v) is 8.54. The second-order valence-corrected chi connectivity index (χ2v) is 6.90. The maximum absolute atomic E-state index is 5.93. The highest BCUT2D eigenvalue weighted by Gasteiger charge is 2.14. The maximum atomic E-state index is 5.93. The van der Waals surface area contributed by atoms with Gasteiger partial charge in [0.25, 0.3) is 0 Å². The van der Waals surface area contributed by atoms with Crippen LogP contribution in [0.15, 0.2) is 32.5 Å². The predicted octanol–water partition coefficient (Wildman–Crippen LogP) is 5.67. The summed E-state index contributed by atoms with van der Waals surface area (Å²) < 4.78 is 12.6. The van der Waals surface area contributed by atoms with Crippen LogP contribution < -0.4 is 9.47 Å². The van der Waals surface area contributed by atoms with Crippen LogP contribution in [0.1, 0.15) is 0 Å². The molecule has 8 heteroatoms. The first kappa shape index (κ1) is 15.0. The molecule has 0 radical (unpaired) electrons. The van der Waals surface area contributed by atoms with E-state index in [2.05, 4.69) is 41.8 Å². The number of rotatable bonds is 3. The fourth-order valence-corrected chi connectivity index (χ4v) is 3.58. The lowest BCUT2D eigenvalue weighted by Gasteiger charge is -2.11. The van der Waals surface area contributed by atoms with E-state index in [1.165, 1.54) is 11.3 Å². The van der Waals surface area contributed by atoms with Crippen molar-refractivity contribution in [3.63, 3.8) is 0 Å². The van der Waals surface area contributed by atoms with Gasteiger partial charge in [0.1, 0.15) is 16.3 Å². The number of ether oxygens (including phenoxy) is 2. The highest BCUT2D eigenvalue weighted by molar-refractivity contribution is 9.11. The highest BCUT2D eigenvalue weighted by atomic mass is 79.9. The highest BCUT2D eigenvalue weighted by Crippen LogP contribution is 2.39. The van der Waals surface area contributed by atoms with E-state index in [4.69, 9.17) is 21.1 Å². The van der Waals surface area contributed by atoms with Crippen molar-refractivity contribution in [2.45, 2.75) is 0 Å². The molecule has 0 aliphatic carbocycles. The van der Waals surface area contributed by atoms with Crippen LogP contribution in [0.4, 0.5) is 0 Å². The molecule has 0 atom stereocenters. The summed E-state index contributed by atoms with van der Waals surface area (Å²) in [6.07, 6.45) is 0. The van der Waals surface area contributed by atoms with Crippen molar-refractivity contribution in [1.29, 1.82) is 0 Å². The molecule has 0 saturated heterocycles. The maximum Gasteiger partial charge on any atom is 0.232 e. The van der Waals surface area contributed by atoms with Gasteiger partial charge in [-0.15, -0.1) is 11.3 Å². The van der Waals surface area contributed by atoms with Gasteiger partial charge in [-0.1, -0.05) is 0 Å². The molecule has 2 heterocycles.